The molecule has 0 amide bonds. The fourth-order valence-corrected chi connectivity index (χ4v) is 6.52. The van der Waals surface area contributed by atoms with Crippen molar-refractivity contribution in [2.24, 2.45) is 0 Å². The Labute approximate surface area is 234 Å². The number of sulfonamides is 2. The molecule has 0 atom stereocenters. The van der Waals surface area contributed by atoms with Crippen LogP contribution in [0.3, 0.4) is 0 Å². The molecule has 0 bridgehead atoms. The molecule has 0 unspecified atom stereocenters. The van der Waals surface area contributed by atoms with Crippen molar-refractivity contribution in [2.75, 3.05) is 9.44 Å². The number of rotatable bonds is 6. The van der Waals surface area contributed by atoms with Crippen LogP contribution >= 0.6 is 23.2 Å². The van der Waals surface area contributed by atoms with Gasteiger partial charge >= 0.3 is 0 Å². The number of anilines is 2. The highest BCUT2D eigenvalue weighted by atomic mass is 35.5. The Morgan fingerprint density at radius 3 is 1.11 bits per heavy atom. The zero-order valence-corrected chi connectivity index (χ0v) is 24.4. The summed E-state index contributed by atoms with van der Waals surface area (Å²) in [6.45, 7) is 7.33. The Balaban J connectivity index is 0.000000211. The standard InChI is InChI=1S/2C14H14ClNO2S/c2*1-10-3-6-13(7-4-10)16-19(17,18)14-8-5-12(15)9-11(14)2/h2*3-9,16H,1-2H3. The van der Waals surface area contributed by atoms with E-state index in [0.29, 0.717) is 32.5 Å². The fraction of sp³-hybridized carbons (Fsp3) is 0.143. The predicted molar refractivity (Wildman–Crippen MR) is 156 cm³/mol. The minimum absolute atomic E-state index is 0.234. The Morgan fingerprint density at radius 2 is 0.816 bits per heavy atom. The summed E-state index contributed by atoms with van der Waals surface area (Å²) in [5, 5.41) is 1.04. The van der Waals surface area contributed by atoms with Crippen molar-refractivity contribution >= 4 is 54.6 Å². The molecule has 0 fully saturated rings. The maximum atomic E-state index is 12.3. The van der Waals surface area contributed by atoms with E-state index in [2.05, 4.69) is 9.44 Å². The van der Waals surface area contributed by atoms with Crippen molar-refractivity contribution in [3.63, 3.8) is 0 Å². The van der Waals surface area contributed by atoms with Crippen molar-refractivity contribution in [1.82, 2.24) is 0 Å². The van der Waals surface area contributed by atoms with E-state index in [1.54, 1.807) is 62.4 Å². The summed E-state index contributed by atoms with van der Waals surface area (Å²) < 4.78 is 54.2. The third-order valence-corrected chi connectivity index (χ3v) is 9.01. The molecule has 10 heteroatoms. The molecule has 0 aliphatic heterocycles. The number of hydrogen-bond acceptors (Lipinski definition) is 4. The van der Waals surface area contributed by atoms with Crippen LogP contribution in [0.5, 0.6) is 0 Å². The number of benzene rings is 4. The van der Waals surface area contributed by atoms with Gasteiger partial charge < -0.3 is 0 Å². The lowest BCUT2D eigenvalue weighted by Gasteiger charge is -2.10. The lowest BCUT2D eigenvalue weighted by molar-refractivity contribution is 0.599. The number of aryl methyl sites for hydroxylation is 4. The van der Waals surface area contributed by atoms with Crippen LogP contribution in [0.4, 0.5) is 11.4 Å². The van der Waals surface area contributed by atoms with Crippen molar-refractivity contribution in [1.29, 1.82) is 0 Å². The topological polar surface area (TPSA) is 92.3 Å². The van der Waals surface area contributed by atoms with Crippen LogP contribution in [-0.2, 0) is 20.0 Å². The second-order valence-electron chi connectivity index (χ2n) is 8.76. The van der Waals surface area contributed by atoms with Gasteiger partial charge in [-0.05, 0) is 99.5 Å². The summed E-state index contributed by atoms with van der Waals surface area (Å²) in [5.41, 5.74) is 4.47. The fourth-order valence-electron chi connectivity index (χ4n) is 3.49. The average molecular weight is 592 g/mol. The zero-order valence-electron chi connectivity index (χ0n) is 21.3. The van der Waals surface area contributed by atoms with E-state index in [0.717, 1.165) is 11.1 Å². The van der Waals surface area contributed by atoms with E-state index in [4.69, 9.17) is 23.2 Å². The Bertz CT molecular complexity index is 1510. The molecule has 0 saturated carbocycles. The van der Waals surface area contributed by atoms with Gasteiger partial charge in [0.2, 0.25) is 0 Å². The molecule has 4 aromatic rings. The summed E-state index contributed by atoms with van der Waals surface area (Å²) in [7, 11) is -7.16. The van der Waals surface area contributed by atoms with Gasteiger partial charge in [0, 0.05) is 21.4 Å². The van der Waals surface area contributed by atoms with Crippen LogP contribution < -0.4 is 9.44 Å². The van der Waals surface area contributed by atoms with Crippen LogP contribution in [-0.4, -0.2) is 16.8 Å². The molecular weight excluding hydrogens is 563 g/mol. The third-order valence-electron chi connectivity index (χ3n) is 5.46. The smallest absolute Gasteiger partial charge is 0.262 e. The number of hydrogen-bond donors (Lipinski definition) is 2. The summed E-state index contributed by atoms with van der Waals surface area (Å²) in [6.07, 6.45) is 0. The largest absolute Gasteiger partial charge is 0.280 e. The van der Waals surface area contributed by atoms with Gasteiger partial charge in [0.15, 0.2) is 0 Å². The summed E-state index contributed by atoms with van der Waals surface area (Å²) in [4.78, 5) is 0.468. The molecule has 4 rings (SSSR count). The van der Waals surface area contributed by atoms with Gasteiger partial charge in [-0.25, -0.2) is 16.8 Å². The zero-order chi connectivity index (χ0) is 28.1. The van der Waals surface area contributed by atoms with Gasteiger partial charge in [-0.15, -0.1) is 0 Å². The van der Waals surface area contributed by atoms with Crippen LogP contribution in [0.1, 0.15) is 22.3 Å². The lowest BCUT2D eigenvalue weighted by Crippen LogP contribution is -2.14. The molecule has 6 nitrogen and oxygen atoms in total. The molecule has 200 valence electrons. The van der Waals surface area contributed by atoms with Crippen LogP contribution in [0.25, 0.3) is 0 Å². The van der Waals surface area contributed by atoms with Crippen LogP contribution in [0, 0.1) is 27.7 Å². The van der Waals surface area contributed by atoms with Crippen molar-refractivity contribution in [2.45, 2.75) is 37.5 Å². The molecule has 0 aliphatic carbocycles. The molecule has 0 aromatic heterocycles. The first-order chi connectivity index (χ1) is 17.8. The van der Waals surface area contributed by atoms with E-state index >= 15 is 0 Å². The molecule has 0 saturated heterocycles. The summed E-state index contributed by atoms with van der Waals surface area (Å²) in [5.74, 6) is 0. The SMILES string of the molecule is Cc1ccc(NS(=O)(=O)c2ccc(Cl)cc2C)cc1.Cc1ccc(NS(=O)(=O)c2ccc(Cl)cc2C)cc1. The summed E-state index contributed by atoms with van der Waals surface area (Å²) in [6, 6.07) is 23.8. The highest BCUT2D eigenvalue weighted by molar-refractivity contribution is 7.93. The van der Waals surface area contributed by atoms with E-state index in [1.807, 2.05) is 38.1 Å². The van der Waals surface area contributed by atoms with E-state index in [-0.39, 0.29) is 9.79 Å². The Morgan fingerprint density at radius 1 is 0.500 bits per heavy atom. The minimum Gasteiger partial charge on any atom is -0.280 e. The van der Waals surface area contributed by atoms with Crippen LogP contribution in [0.2, 0.25) is 10.0 Å². The third kappa shape index (κ3) is 7.98. The quantitative estimate of drug-likeness (QED) is 0.243. The molecule has 4 aromatic carbocycles. The molecule has 0 aliphatic rings. The van der Waals surface area contributed by atoms with E-state index in [1.165, 1.54) is 12.1 Å². The normalized spacial score (nSPS) is 11.3. The molecular formula is C28H28Cl2N2O4S2. The molecule has 0 heterocycles. The average Bonchev–Trinajstić information content (AvgIpc) is 2.82. The monoisotopic (exact) mass is 590 g/mol. The molecule has 2 N–H and O–H groups in total. The molecule has 0 spiro atoms. The van der Waals surface area contributed by atoms with Crippen molar-refractivity contribution in [3.05, 3.63) is 117 Å². The van der Waals surface area contributed by atoms with Gasteiger partial charge in [-0.2, -0.15) is 0 Å². The maximum absolute atomic E-state index is 12.3. The molecule has 38 heavy (non-hydrogen) atoms. The minimum atomic E-state index is -3.58. The van der Waals surface area contributed by atoms with Crippen molar-refractivity contribution < 1.29 is 16.8 Å². The Hall–Kier alpha value is -3.04. The van der Waals surface area contributed by atoms with E-state index in [9.17, 15) is 16.8 Å². The number of halogens is 2. The lowest BCUT2D eigenvalue weighted by atomic mass is 10.2. The van der Waals surface area contributed by atoms with Gasteiger partial charge in [-0.1, -0.05) is 58.6 Å². The predicted octanol–water partition coefficient (Wildman–Crippen LogP) is 7.52. The van der Waals surface area contributed by atoms with Gasteiger partial charge in [0.1, 0.15) is 0 Å². The van der Waals surface area contributed by atoms with Gasteiger partial charge in [0.05, 0.1) is 9.79 Å². The molecule has 0 radical (unpaired) electrons. The highest BCUT2D eigenvalue weighted by Gasteiger charge is 2.18. The van der Waals surface area contributed by atoms with Gasteiger partial charge in [-0.3, -0.25) is 9.44 Å². The second-order valence-corrected chi connectivity index (χ2v) is 12.9. The Kier molecular flexibility index (Phi) is 9.49. The first-order valence-electron chi connectivity index (χ1n) is 11.5. The summed E-state index contributed by atoms with van der Waals surface area (Å²) >= 11 is 11.7. The maximum Gasteiger partial charge on any atom is 0.262 e. The second kappa shape index (κ2) is 12.2. The van der Waals surface area contributed by atoms with E-state index < -0.39 is 20.0 Å². The first-order valence-corrected chi connectivity index (χ1v) is 15.2. The first kappa shape index (κ1) is 29.5. The highest BCUT2D eigenvalue weighted by Crippen LogP contribution is 2.23. The van der Waals surface area contributed by atoms with Gasteiger partial charge in [0.25, 0.3) is 20.0 Å². The van der Waals surface area contributed by atoms with Crippen LogP contribution in [0.15, 0.2) is 94.7 Å². The van der Waals surface area contributed by atoms with Crippen molar-refractivity contribution in [3.8, 4) is 0 Å². The number of nitrogens with one attached hydrogen (secondary N) is 2.